The van der Waals surface area contributed by atoms with Crippen LogP contribution in [0.2, 0.25) is 0 Å². The molecule has 1 rings (SSSR count). The van der Waals surface area contributed by atoms with E-state index in [1.807, 2.05) is 6.92 Å². The first-order chi connectivity index (χ1) is 3.72. The second-order valence-electron chi connectivity index (χ2n) is 1.74. The first kappa shape index (κ1) is 5.41. The van der Waals surface area contributed by atoms with Gasteiger partial charge >= 0.3 is 0 Å². The van der Waals surface area contributed by atoms with E-state index in [0.717, 1.165) is 5.69 Å². The largest absolute Gasteiger partial charge is 0.573 e. The molecule has 0 N–H and O–H groups in total. The standard InChI is InChI=1S/C5H6BNO/c1-3-5(6)4(2)8-7-3/h1-2H3/q-1. The van der Waals surface area contributed by atoms with Gasteiger partial charge in [-0.25, -0.2) is 0 Å². The lowest BCUT2D eigenvalue weighted by atomic mass is 9.95. The molecule has 0 aliphatic heterocycles. The Bertz CT molecular complexity index is 175. The van der Waals surface area contributed by atoms with Gasteiger partial charge < -0.3 is 12.4 Å². The molecule has 1 aromatic rings. The van der Waals surface area contributed by atoms with Crippen molar-refractivity contribution in [1.82, 2.24) is 5.16 Å². The summed E-state index contributed by atoms with van der Waals surface area (Å²) in [6, 6.07) is 0. The highest BCUT2D eigenvalue weighted by molar-refractivity contribution is 6.33. The lowest BCUT2D eigenvalue weighted by Gasteiger charge is -1.99. The molecule has 0 bridgehead atoms. The molecule has 8 heavy (non-hydrogen) atoms. The third kappa shape index (κ3) is 0.640. The summed E-state index contributed by atoms with van der Waals surface area (Å²) < 4.78 is 4.72. The van der Waals surface area contributed by atoms with Crippen molar-refractivity contribution in [2.45, 2.75) is 13.8 Å². The fourth-order valence-corrected chi connectivity index (χ4v) is 0.490. The molecule has 2 nitrogen and oxygen atoms in total. The molecule has 1 aromatic heterocycles. The average molecular weight is 107 g/mol. The zero-order valence-electron chi connectivity index (χ0n) is 4.93. The maximum absolute atomic E-state index is 5.45. The normalized spacial score (nSPS) is 9.88. The molecule has 0 aliphatic carbocycles. The van der Waals surface area contributed by atoms with Crippen molar-refractivity contribution in [3.8, 4) is 0 Å². The monoisotopic (exact) mass is 107 g/mol. The van der Waals surface area contributed by atoms with Gasteiger partial charge in [-0.1, -0.05) is 5.16 Å². The van der Waals surface area contributed by atoms with Crippen LogP contribution in [0.15, 0.2) is 4.52 Å². The third-order valence-corrected chi connectivity index (χ3v) is 1.09. The zero-order chi connectivity index (χ0) is 6.15. The lowest BCUT2D eigenvalue weighted by Crippen LogP contribution is -2.05. The summed E-state index contributed by atoms with van der Waals surface area (Å²) in [4.78, 5) is 0. The van der Waals surface area contributed by atoms with Crippen molar-refractivity contribution in [2.75, 3.05) is 0 Å². The Hall–Kier alpha value is -0.725. The summed E-state index contributed by atoms with van der Waals surface area (Å²) in [5.74, 6) is 0.697. The van der Waals surface area contributed by atoms with Gasteiger partial charge in [0, 0.05) is 5.69 Å². The molecule has 3 heteroatoms. The molecular formula is C5H6BNO-. The number of nitrogens with zero attached hydrogens (tertiary/aromatic N) is 1. The summed E-state index contributed by atoms with van der Waals surface area (Å²) in [6.07, 6.45) is 0. The van der Waals surface area contributed by atoms with E-state index in [9.17, 15) is 0 Å². The van der Waals surface area contributed by atoms with E-state index in [1.165, 1.54) is 0 Å². The smallest absolute Gasteiger partial charge is 0.0899 e. The highest BCUT2D eigenvalue weighted by Gasteiger charge is 1.89. The molecule has 0 unspecified atom stereocenters. The topological polar surface area (TPSA) is 26.0 Å². The van der Waals surface area contributed by atoms with Gasteiger partial charge in [-0.05, 0) is 13.8 Å². The van der Waals surface area contributed by atoms with Crippen molar-refractivity contribution in [3.05, 3.63) is 11.5 Å². The van der Waals surface area contributed by atoms with Gasteiger partial charge in [0.1, 0.15) is 0 Å². The minimum Gasteiger partial charge on any atom is -0.573 e. The van der Waals surface area contributed by atoms with Crippen LogP contribution in [0.4, 0.5) is 0 Å². The Labute approximate surface area is 49.3 Å². The Kier molecular flexibility index (Phi) is 1.12. The number of aromatic nitrogens is 1. The van der Waals surface area contributed by atoms with Gasteiger partial charge in [0.2, 0.25) is 0 Å². The van der Waals surface area contributed by atoms with Gasteiger partial charge in [0.15, 0.2) is 0 Å². The van der Waals surface area contributed by atoms with Gasteiger partial charge in [0.05, 0.1) is 5.76 Å². The summed E-state index contributed by atoms with van der Waals surface area (Å²) in [5.41, 5.74) is 1.42. The van der Waals surface area contributed by atoms with Crippen LogP contribution in [-0.2, 0) is 0 Å². The maximum Gasteiger partial charge on any atom is 0.0899 e. The van der Waals surface area contributed by atoms with Crippen LogP contribution in [0.3, 0.4) is 0 Å². The predicted molar refractivity (Wildman–Crippen MR) is 31.4 cm³/mol. The first-order valence-electron chi connectivity index (χ1n) is 2.40. The van der Waals surface area contributed by atoms with E-state index in [1.54, 1.807) is 6.92 Å². The number of aryl methyl sites for hydroxylation is 2. The molecule has 0 spiro atoms. The summed E-state index contributed by atoms with van der Waals surface area (Å²) in [5, 5.41) is 3.62. The zero-order valence-corrected chi connectivity index (χ0v) is 4.93. The third-order valence-electron chi connectivity index (χ3n) is 1.09. The van der Waals surface area contributed by atoms with Gasteiger partial charge in [-0.2, -0.15) is 0 Å². The van der Waals surface area contributed by atoms with Crippen LogP contribution in [0.25, 0.3) is 0 Å². The van der Waals surface area contributed by atoms with E-state index < -0.39 is 0 Å². The lowest BCUT2D eigenvalue weighted by molar-refractivity contribution is 0.394. The molecule has 0 saturated carbocycles. The maximum atomic E-state index is 5.45. The molecule has 0 fully saturated rings. The van der Waals surface area contributed by atoms with E-state index in [0.29, 0.717) is 11.2 Å². The van der Waals surface area contributed by atoms with Gasteiger partial charge in [-0.3, -0.25) is 5.46 Å². The summed E-state index contributed by atoms with van der Waals surface area (Å²) >= 11 is 0. The molecule has 0 atom stereocenters. The fraction of sp³-hybridized carbons (Fsp3) is 0.400. The molecule has 0 aromatic carbocycles. The van der Waals surface area contributed by atoms with Crippen LogP contribution < -0.4 is 5.46 Å². The van der Waals surface area contributed by atoms with Crippen LogP contribution in [0.1, 0.15) is 11.5 Å². The Morgan fingerprint density at radius 2 is 2.12 bits per heavy atom. The molecule has 0 aliphatic rings. The molecular weight excluding hydrogens is 101 g/mol. The second kappa shape index (κ2) is 1.65. The van der Waals surface area contributed by atoms with Gasteiger partial charge in [0.25, 0.3) is 0 Å². The highest BCUT2D eigenvalue weighted by atomic mass is 16.5. The highest BCUT2D eigenvalue weighted by Crippen LogP contribution is 1.92. The summed E-state index contributed by atoms with van der Waals surface area (Å²) in [7, 11) is 5.45. The van der Waals surface area contributed by atoms with Crippen molar-refractivity contribution in [3.63, 3.8) is 0 Å². The van der Waals surface area contributed by atoms with E-state index >= 15 is 0 Å². The van der Waals surface area contributed by atoms with Crippen LogP contribution in [0, 0.1) is 13.8 Å². The molecule has 3 radical (unpaired) electrons. The Morgan fingerprint density at radius 1 is 1.50 bits per heavy atom. The predicted octanol–water partition coefficient (Wildman–Crippen LogP) is 0.0852. The SMILES string of the molecule is [B-]c1c(C)noc1C. The van der Waals surface area contributed by atoms with Crippen molar-refractivity contribution >= 4 is 13.3 Å². The molecule has 41 valence electrons. The van der Waals surface area contributed by atoms with E-state index in [-0.39, 0.29) is 0 Å². The first-order valence-corrected chi connectivity index (χ1v) is 2.40. The number of hydrogen-bond acceptors (Lipinski definition) is 2. The van der Waals surface area contributed by atoms with Gasteiger partial charge in [-0.15, -0.1) is 0 Å². The van der Waals surface area contributed by atoms with Crippen molar-refractivity contribution < 1.29 is 4.52 Å². The van der Waals surface area contributed by atoms with Crippen molar-refractivity contribution in [2.24, 2.45) is 0 Å². The number of hydrogen-bond donors (Lipinski definition) is 0. The quantitative estimate of drug-likeness (QED) is 0.439. The fourth-order valence-electron chi connectivity index (χ4n) is 0.490. The second-order valence-corrected chi connectivity index (χ2v) is 1.74. The molecule has 1 heterocycles. The minimum absolute atomic E-state index is 0.657. The molecule has 0 saturated heterocycles. The average Bonchev–Trinajstić information content (AvgIpc) is 1.98. The summed E-state index contributed by atoms with van der Waals surface area (Å²) in [6.45, 7) is 3.60. The Morgan fingerprint density at radius 3 is 2.25 bits per heavy atom. The van der Waals surface area contributed by atoms with Crippen LogP contribution in [0.5, 0.6) is 0 Å². The van der Waals surface area contributed by atoms with Crippen LogP contribution in [-0.4, -0.2) is 13.0 Å². The Balaban J connectivity index is 3.19. The van der Waals surface area contributed by atoms with E-state index in [2.05, 4.69) is 5.16 Å². The molecule has 0 amide bonds. The van der Waals surface area contributed by atoms with Crippen molar-refractivity contribution in [1.29, 1.82) is 0 Å². The van der Waals surface area contributed by atoms with E-state index in [4.69, 9.17) is 12.4 Å². The minimum atomic E-state index is 0.657. The number of rotatable bonds is 0. The van der Waals surface area contributed by atoms with Crippen LogP contribution >= 0.6 is 0 Å².